The van der Waals surface area contributed by atoms with Gasteiger partial charge >= 0.3 is 190 Å². The Morgan fingerprint density at radius 3 is 1.24 bits per heavy atom. The van der Waals surface area contributed by atoms with Gasteiger partial charge in [0.05, 0.1) is 0 Å². The Morgan fingerprint density at radius 1 is 0.439 bits per heavy atom. The average molecular weight is 567 g/mol. The van der Waals surface area contributed by atoms with Crippen molar-refractivity contribution in [2.75, 3.05) is 6.16 Å². The van der Waals surface area contributed by atoms with Crippen LogP contribution in [0.25, 0.3) is 0 Å². The molecular formula is C38H47O2P. The molecule has 0 N–H and O–H groups in total. The van der Waals surface area contributed by atoms with Gasteiger partial charge in [0.2, 0.25) is 0 Å². The molecule has 0 aromatic heterocycles. The summed E-state index contributed by atoms with van der Waals surface area (Å²) in [5, 5.41) is 4.51. The fourth-order valence-corrected chi connectivity index (χ4v) is 11.4. The molecule has 0 saturated carbocycles. The third kappa shape index (κ3) is 7.41. The summed E-state index contributed by atoms with van der Waals surface area (Å²) in [5.41, 5.74) is 2.66. The number of rotatable bonds is 15. The molecule has 0 amide bonds. The number of ketones is 2. The molecule has 0 atom stereocenters. The molecule has 41 heavy (non-hydrogen) atoms. The van der Waals surface area contributed by atoms with Crippen molar-refractivity contribution in [2.24, 2.45) is 0 Å². The van der Waals surface area contributed by atoms with Gasteiger partial charge in [-0.05, 0) is 20.8 Å². The maximum atomic E-state index is 12.6. The predicted molar refractivity (Wildman–Crippen MR) is 179 cm³/mol. The number of carbonyl (C=O) groups excluding carboxylic acids is 2. The van der Waals surface area contributed by atoms with Crippen LogP contribution in [-0.2, 0) is 9.59 Å². The first kappa shape index (κ1) is 30.9. The van der Waals surface area contributed by atoms with Crippen LogP contribution in [0, 0.1) is 0 Å². The van der Waals surface area contributed by atoms with E-state index in [1.807, 2.05) is 6.92 Å². The molecule has 216 valence electrons. The molecule has 4 rings (SSSR count). The summed E-state index contributed by atoms with van der Waals surface area (Å²) in [6.45, 7) is 5.37. The first-order valence-electron chi connectivity index (χ1n) is 15.6. The minimum absolute atomic E-state index is 0.0494. The summed E-state index contributed by atoms with van der Waals surface area (Å²) >= 11 is 0. The number of allylic oxidation sites excluding steroid dienone is 4. The molecule has 3 aromatic rings. The SMILES string of the molecule is CC1=C(C)C(=O)C(CCCCCCCCCCC[PH](c2ccccc2)(c2ccccc2)c2ccccc2)=C(C)C1=O. The van der Waals surface area contributed by atoms with Crippen molar-refractivity contribution < 1.29 is 9.59 Å². The molecule has 0 spiro atoms. The van der Waals surface area contributed by atoms with Gasteiger partial charge in [0.1, 0.15) is 0 Å². The fourth-order valence-electron chi connectivity index (χ4n) is 6.49. The van der Waals surface area contributed by atoms with E-state index in [-0.39, 0.29) is 11.6 Å². The van der Waals surface area contributed by atoms with Crippen molar-refractivity contribution in [3.05, 3.63) is 113 Å². The zero-order valence-electron chi connectivity index (χ0n) is 25.3. The quantitative estimate of drug-likeness (QED) is 0.105. The second-order valence-electron chi connectivity index (χ2n) is 11.7. The van der Waals surface area contributed by atoms with Gasteiger partial charge in [-0.15, -0.1) is 0 Å². The molecule has 0 saturated heterocycles. The first-order valence-corrected chi connectivity index (χ1v) is 17.8. The number of carbonyl (C=O) groups is 2. The van der Waals surface area contributed by atoms with E-state index in [9.17, 15) is 9.59 Å². The molecule has 3 aromatic carbocycles. The Bertz CT molecular complexity index is 1260. The summed E-state index contributed by atoms with van der Waals surface area (Å²) in [5.74, 6) is 0.131. The van der Waals surface area contributed by atoms with E-state index < -0.39 is 7.26 Å². The second kappa shape index (κ2) is 15.2. The van der Waals surface area contributed by atoms with E-state index in [0.717, 1.165) is 24.8 Å². The molecular weight excluding hydrogens is 519 g/mol. The Morgan fingerprint density at radius 2 is 0.805 bits per heavy atom. The smallest absolute Gasteiger partial charge is 0.185 e. The summed E-state index contributed by atoms with van der Waals surface area (Å²) in [6, 6.07) is 33.7. The maximum absolute atomic E-state index is 12.6. The Labute approximate surface area is 248 Å². The van der Waals surface area contributed by atoms with Crippen molar-refractivity contribution in [3.63, 3.8) is 0 Å². The molecule has 1 aliphatic carbocycles. The van der Waals surface area contributed by atoms with Crippen LogP contribution in [0.5, 0.6) is 0 Å². The largest absolute Gasteiger partial charge is 0.289 e. The van der Waals surface area contributed by atoms with Gasteiger partial charge in [-0.2, -0.15) is 0 Å². The van der Waals surface area contributed by atoms with Gasteiger partial charge in [0.25, 0.3) is 0 Å². The molecule has 0 heterocycles. The zero-order valence-corrected chi connectivity index (χ0v) is 26.3. The third-order valence-corrected chi connectivity index (χ3v) is 14.1. The predicted octanol–water partition coefficient (Wildman–Crippen LogP) is 8.42. The normalized spacial score (nSPS) is 14.6. The van der Waals surface area contributed by atoms with Crippen LogP contribution in [-0.4, -0.2) is 17.7 Å². The van der Waals surface area contributed by atoms with Crippen LogP contribution < -0.4 is 15.9 Å². The molecule has 0 bridgehead atoms. The summed E-state index contributed by atoms with van der Waals surface area (Å²) in [7, 11) is -2.10. The number of benzene rings is 3. The van der Waals surface area contributed by atoms with Crippen LogP contribution in [0.15, 0.2) is 113 Å². The van der Waals surface area contributed by atoms with Crippen molar-refractivity contribution in [2.45, 2.75) is 85.0 Å². The van der Waals surface area contributed by atoms with Gasteiger partial charge in [0.15, 0.2) is 11.6 Å². The summed E-state index contributed by atoms with van der Waals surface area (Å²) in [6.07, 6.45) is 12.9. The number of hydrogen-bond acceptors (Lipinski definition) is 2. The van der Waals surface area contributed by atoms with E-state index >= 15 is 0 Å². The molecule has 0 unspecified atom stereocenters. The van der Waals surface area contributed by atoms with Crippen LogP contribution in [0.1, 0.15) is 85.0 Å². The number of hydrogen-bond donors (Lipinski definition) is 0. The first-order chi connectivity index (χ1) is 20.0. The minimum Gasteiger partial charge on any atom is -0.289 e. The molecule has 3 heteroatoms. The fraction of sp³-hybridized carbons (Fsp3) is 0.368. The minimum atomic E-state index is -2.10. The van der Waals surface area contributed by atoms with E-state index in [2.05, 4.69) is 91.0 Å². The maximum Gasteiger partial charge on any atom is 0.185 e. The Kier molecular flexibility index (Phi) is 11.5. The van der Waals surface area contributed by atoms with Crippen LogP contribution in [0.3, 0.4) is 0 Å². The monoisotopic (exact) mass is 566 g/mol. The van der Waals surface area contributed by atoms with Crippen molar-refractivity contribution in [3.8, 4) is 0 Å². The Hall–Kier alpha value is -3.09. The number of Topliss-reactive ketones (excluding diaryl/α,β-unsaturated/α-hetero) is 2. The van der Waals surface area contributed by atoms with Crippen LogP contribution in [0.2, 0.25) is 0 Å². The molecule has 0 fully saturated rings. The zero-order chi connectivity index (χ0) is 29.1. The van der Waals surface area contributed by atoms with Gasteiger partial charge in [0, 0.05) is 16.7 Å². The van der Waals surface area contributed by atoms with E-state index in [4.69, 9.17) is 0 Å². The van der Waals surface area contributed by atoms with Crippen molar-refractivity contribution in [1.82, 2.24) is 0 Å². The summed E-state index contributed by atoms with van der Waals surface area (Å²) < 4.78 is 0. The van der Waals surface area contributed by atoms with Crippen LogP contribution in [0.4, 0.5) is 0 Å². The van der Waals surface area contributed by atoms with Gasteiger partial charge in [-0.25, -0.2) is 0 Å². The molecule has 0 radical (unpaired) electrons. The standard InChI is InChI=1S/C38H47O2P/c1-30-31(2)38(40)36(32(3)37(30)39)28-20-9-7-5-4-6-8-10-21-29-41(33-22-14-11-15-23-33,34-24-16-12-17-25-34)35-26-18-13-19-27-35/h11-19,22-27,41H,4-10,20-21,28-29H2,1-3H3. The van der Waals surface area contributed by atoms with Gasteiger partial charge in [-0.1, -0.05) is 0 Å². The molecule has 2 nitrogen and oxygen atoms in total. The van der Waals surface area contributed by atoms with E-state index in [1.54, 1.807) is 13.8 Å². The van der Waals surface area contributed by atoms with Crippen molar-refractivity contribution >= 4 is 34.7 Å². The second-order valence-corrected chi connectivity index (χ2v) is 15.7. The van der Waals surface area contributed by atoms with Gasteiger partial charge < -0.3 is 0 Å². The third-order valence-electron chi connectivity index (χ3n) is 9.09. The van der Waals surface area contributed by atoms with Crippen LogP contribution >= 0.6 is 7.26 Å². The van der Waals surface area contributed by atoms with E-state index in [0.29, 0.717) is 16.7 Å². The van der Waals surface area contributed by atoms with E-state index in [1.165, 1.54) is 67.0 Å². The Balaban J connectivity index is 1.23. The topological polar surface area (TPSA) is 34.1 Å². The number of unbranched alkanes of at least 4 members (excludes halogenated alkanes) is 8. The average Bonchev–Trinajstić information content (AvgIpc) is 3.02. The summed E-state index contributed by atoms with van der Waals surface area (Å²) in [4.78, 5) is 25.0. The molecule has 1 aliphatic rings. The molecule has 0 aliphatic heterocycles. The van der Waals surface area contributed by atoms with Gasteiger partial charge in [-0.3, -0.25) is 9.59 Å². The van der Waals surface area contributed by atoms with Crippen molar-refractivity contribution in [1.29, 1.82) is 0 Å².